The Kier molecular flexibility index (Phi) is 4.15. The summed E-state index contributed by atoms with van der Waals surface area (Å²) in [5, 5.41) is 33.2. The van der Waals surface area contributed by atoms with E-state index in [0.29, 0.717) is 28.8 Å². The third-order valence-electron chi connectivity index (χ3n) is 3.05. The van der Waals surface area contributed by atoms with E-state index in [2.05, 4.69) is 36.1 Å². The zero-order valence-electron chi connectivity index (χ0n) is 12.8. The van der Waals surface area contributed by atoms with Gasteiger partial charge in [0.25, 0.3) is 0 Å². The summed E-state index contributed by atoms with van der Waals surface area (Å²) >= 11 is 0. The van der Waals surface area contributed by atoms with E-state index in [1.165, 1.54) is 6.20 Å². The van der Waals surface area contributed by atoms with Gasteiger partial charge in [0.05, 0.1) is 12.8 Å². The normalized spacial score (nSPS) is 11.1. The van der Waals surface area contributed by atoms with E-state index in [1.807, 2.05) is 6.07 Å². The molecular weight excluding hydrogens is 312 g/mol. The highest BCUT2D eigenvalue weighted by atomic mass is 16.5. The maximum absolute atomic E-state index is 9.19. The SMILES string of the molecule is COc1ccc(-c2nnc(C)o2)cc1NC=C(C#N)c1nn[nH]n1. The second-order valence-electron chi connectivity index (χ2n) is 4.59. The monoisotopic (exact) mass is 324 g/mol. The first-order valence-corrected chi connectivity index (χ1v) is 6.80. The molecule has 0 unspecified atom stereocenters. The molecule has 0 bridgehead atoms. The van der Waals surface area contributed by atoms with Crippen LogP contribution in [0.1, 0.15) is 11.7 Å². The molecule has 0 saturated heterocycles. The minimum Gasteiger partial charge on any atom is -0.495 e. The molecule has 0 fully saturated rings. The van der Waals surface area contributed by atoms with Gasteiger partial charge < -0.3 is 14.5 Å². The smallest absolute Gasteiger partial charge is 0.247 e. The van der Waals surface area contributed by atoms with Crippen LogP contribution < -0.4 is 10.1 Å². The maximum atomic E-state index is 9.19. The molecule has 3 rings (SSSR count). The Morgan fingerprint density at radius 2 is 2.25 bits per heavy atom. The van der Waals surface area contributed by atoms with Gasteiger partial charge in [0.15, 0.2) is 0 Å². The first kappa shape index (κ1) is 15.2. The second kappa shape index (κ2) is 6.57. The molecule has 2 N–H and O–H groups in total. The summed E-state index contributed by atoms with van der Waals surface area (Å²) in [6.07, 6.45) is 1.46. The number of tetrazole rings is 1. The number of hydrogen-bond donors (Lipinski definition) is 2. The van der Waals surface area contributed by atoms with Crippen LogP contribution in [-0.2, 0) is 0 Å². The quantitative estimate of drug-likeness (QED) is 0.669. The summed E-state index contributed by atoms with van der Waals surface area (Å²) in [5.74, 6) is 1.63. The Balaban J connectivity index is 1.93. The van der Waals surface area contributed by atoms with Gasteiger partial charge in [-0.15, -0.1) is 20.4 Å². The summed E-state index contributed by atoms with van der Waals surface area (Å²) in [5.41, 5.74) is 1.54. The van der Waals surface area contributed by atoms with Crippen molar-refractivity contribution < 1.29 is 9.15 Å². The first-order chi connectivity index (χ1) is 11.7. The predicted octanol–water partition coefficient (Wildman–Crippen LogP) is 1.54. The van der Waals surface area contributed by atoms with E-state index in [1.54, 1.807) is 32.2 Å². The average Bonchev–Trinajstić information content (AvgIpc) is 3.27. The lowest BCUT2D eigenvalue weighted by molar-refractivity contribution is 0.417. The summed E-state index contributed by atoms with van der Waals surface area (Å²) < 4.78 is 10.7. The number of allylic oxidation sites excluding steroid dienone is 1. The van der Waals surface area contributed by atoms with Crippen LogP contribution in [0.4, 0.5) is 5.69 Å². The number of aryl methyl sites for hydroxylation is 1. The number of nitriles is 1. The minimum atomic E-state index is 0.188. The van der Waals surface area contributed by atoms with Gasteiger partial charge in [-0.2, -0.15) is 10.5 Å². The highest BCUT2D eigenvalue weighted by Gasteiger charge is 2.11. The Morgan fingerprint density at radius 1 is 1.38 bits per heavy atom. The Labute approximate surface area is 136 Å². The lowest BCUT2D eigenvalue weighted by Gasteiger charge is -2.09. The molecular formula is C14H12N8O2. The van der Waals surface area contributed by atoms with Gasteiger partial charge in [0.1, 0.15) is 17.4 Å². The topological polar surface area (TPSA) is 138 Å². The van der Waals surface area contributed by atoms with Crippen molar-refractivity contribution in [1.29, 1.82) is 5.26 Å². The van der Waals surface area contributed by atoms with Crippen molar-refractivity contribution in [2.45, 2.75) is 6.92 Å². The molecule has 0 radical (unpaired) electrons. The van der Waals surface area contributed by atoms with Gasteiger partial charge in [-0.05, 0) is 23.4 Å². The van der Waals surface area contributed by atoms with Crippen molar-refractivity contribution in [1.82, 2.24) is 30.8 Å². The van der Waals surface area contributed by atoms with E-state index < -0.39 is 0 Å². The first-order valence-electron chi connectivity index (χ1n) is 6.80. The Bertz CT molecular complexity index is 907. The molecule has 120 valence electrons. The fourth-order valence-corrected chi connectivity index (χ4v) is 1.94. The summed E-state index contributed by atoms with van der Waals surface area (Å²) in [6, 6.07) is 7.32. The van der Waals surface area contributed by atoms with Crippen LogP contribution in [0.25, 0.3) is 17.0 Å². The number of nitrogens with zero attached hydrogens (tertiary/aromatic N) is 6. The van der Waals surface area contributed by atoms with Gasteiger partial charge >= 0.3 is 0 Å². The lowest BCUT2D eigenvalue weighted by atomic mass is 10.2. The largest absolute Gasteiger partial charge is 0.495 e. The number of nitrogens with one attached hydrogen (secondary N) is 2. The molecule has 0 aliphatic carbocycles. The van der Waals surface area contributed by atoms with E-state index in [-0.39, 0.29) is 11.4 Å². The van der Waals surface area contributed by atoms with E-state index >= 15 is 0 Å². The van der Waals surface area contributed by atoms with Crippen molar-refractivity contribution in [3.05, 3.63) is 36.1 Å². The summed E-state index contributed by atoms with van der Waals surface area (Å²) in [6.45, 7) is 1.71. The molecule has 2 aromatic heterocycles. The van der Waals surface area contributed by atoms with Crippen LogP contribution in [0.3, 0.4) is 0 Å². The van der Waals surface area contributed by atoms with Gasteiger partial charge in [-0.1, -0.05) is 0 Å². The third-order valence-corrected chi connectivity index (χ3v) is 3.05. The molecule has 10 nitrogen and oxygen atoms in total. The van der Waals surface area contributed by atoms with Crippen molar-refractivity contribution in [2.24, 2.45) is 0 Å². The molecule has 10 heteroatoms. The minimum absolute atomic E-state index is 0.188. The van der Waals surface area contributed by atoms with Crippen LogP contribution in [0, 0.1) is 18.3 Å². The fourth-order valence-electron chi connectivity index (χ4n) is 1.94. The molecule has 0 aliphatic rings. The molecule has 2 heterocycles. The van der Waals surface area contributed by atoms with Crippen LogP contribution in [0.15, 0.2) is 28.8 Å². The van der Waals surface area contributed by atoms with Crippen molar-refractivity contribution in [3.8, 4) is 23.3 Å². The number of methoxy groups -OCH3 is 1. The zero-order valence-corrected chi connectivity index (χ0v) is 12.8. The highest BCUT2D eigenvalue weighted by molar-refractivity contribution is 5.76. The standard InChI is InChI=1S/C14H12N8O2/c1-8-17-20-14(24-8)9-3-4-12(23-2)11(5-9)16-7-10(6-15)13-18-21-22-19-13/h3-5,7,16H,1-2H3,(H,18,19,21,22). The molecule has 24 heavy (non-hydrogen) atoms. The molecule has 0 saturated carbocycles. The number of anilines is 1. The van der Waals surface area contributed by atoms with E-state index in [0.717, 1.165) is 0 Å². The molecule has 0 amide bonds. The fraction of sp³-hybridized carbons (Fsp3) is 0.143. The van der Waals surface area contributed by atoms with E-state index in [4.69, 9.17) is 9.15 Å². The molecule has 0 aliphatic heterocycles. The Hall–Kier alpha value is -3.74. The number of aromatic nitrogens is 6. The molecule has 1 aromatic carbocycles. The molecule has 3 aromatic rings. The summed E-state index contributed by atoms with van der Waals surface area (Å²) in [4.78, 5) is 0. The number of benzene rings is 1. The van der Waals surface area contributed by atoms with Crippen molar-refractivity contribution in [2.75, 3.05) is 12.4 Å². The van der Waals surface area contributed by atoms with Gasteiger partial charge in [0, 0.05) is 18.7 Å². The highest BCUT2D eigenvalue weighted by Crippen LogP contribution is 2.30. The Morgan fingerprint density at radius 3 is 2.88 bits per heavy atom. The molecule has 0 spiro atoms. The van der Waals surface area contributed by atoms with Gasteiger partial charge in [-0.3, -0.25) is 0 Å². The maximum Gasteiger partial charge on any atom is 0.247 e. The van der Waals surface area contributed by atoms with Crippen molar-refractivity contribution >= 4 is 11.3 Å². The van der Waals surface area contributed by atoms with Crippen LogP contribution in [0.2, 0.25) is 0 Å². The van der Waals surface area contributed by atoms with Gasteiger partial charge in [-0.25, -0.2) is 0 Å². The van der Waals surface area contributed by atoms with Crippen LogP contribution in [-0.4, -0.2) is 37.9 Å². The number of rotatable bonds is 5. The number of H-pyrrole nitrogens is 1. The van der Waals surface area contributed by atoms with Crippen LogP contribution in [0.5, 0.6) is 5.75 Å². The number of ether oxygens (including phenoxy) is 1. The van der Waals surface area contributed by atoms with Crippen molar-refractivity contribution in [3.63, 3.8) is 0 Å². The second-order valence-corrected chi connectivity index (χ2v) is 4.59. The molecule has 0 atom stereocenters. The van der Waals surface area contributed by atoms with Gasteiger partial charge in [0.2, 0.25) is 17.6 Å². The number of hydrogen-bond acceptors (Lipinski definition) is 9. The lowest BCUT2D eigenvalue weighted by Crippen LogP contribution is -1.96. The predicted molar refractivity (Wildman–Crippen MR) is 82.4 cm³/mol. The summed E-state index contributed by atoms with van der Waals surface area (Å²) in [7, 11) is 1.55. The zero-order chi connectivity index (χ0) is 16.9. The average molecular weight is 324 g/mol. The van der Waals surface area contributed by atoms with E-state index in [9.17, 15) is 5.26 Å². The van der Waals surface area contributed by atoms with Crippen LogP contribution >= 0.6 is 0 Å². The number of aromatic amines is 1. The third kappa shape index (κ3) is 3.05.